The molecule has 1 aliphatic rings. The molecule has 2 heterocycles. The molecule has 4 heteroatoms. The molecule has 86 valence electrons. The highest BCUT2D eigenvalue weighted by atomic mass is 16.3. The molecule has 1 aromatic heterocycles. The van der Waals surface area contributed by atoms with Crippen molar-refractivity contribution in [1.82, 2.24) is 9.88 Å². The molecule has 0 aromatic carbocycles. The first kappa shape index (κ1) is 11.1. The number of aliphatic hydroxyl groups excluding tert-OH is 1. The molecule has 1 N–H and O–H groups in total. The number of amides is 1. The number of likely N-dealkylation sites (tertiary alicyclic amines) is 1. The Morgan fingerprint density at radius 1 is 1.62 bits per heavy atom. The van der Waals surface area contributed by atoms with Crippen LogP contribution in [0.15, 0.2) is 24.5 Å². The van der Waals surface area contributed by atoms with E-state index >= 15 is 0 Å². The van der Waals surface area contributed by atoms with Crippen LogP contribution in [0.2, 0.25) is 0 Å². The summed E-state index contributed by atoms with van der Waals surface area (Å²) in [6, 6.07) is 3.54. The van der Waals surface area contributed by atoms with Crippen LogP contribution in [0.1, 0.15) is 23.2 Å². The molecule has 0 saturated carbocycles. The number of aromatic nitrogens is 1. The number of aliphatic hydroxyl groups is 1. The SMILES string of the molecule is O=C(c1cccnc1)N1CCC[C@H](CO)C1. The van der Waals surface area contributed by atoms with Crippen molar-refractivity contribution in [3.05, 3.63) is 30.1 Å². The Hall–Kier alpha value is -1.42. The Labute approximate surface area is 94.9 Å². The van der Waals surface area contributed by atoms with Gasteiger partial charge in [-0.25, -0.2) is 0 Å². The van der Waals surface area contributed by atoms with E-state index in [1.54, 1.807) is 29.4 Å². The number of nitrogens with zero attached hydrogens (tertiary/aromatic N) is 2. The summed E-state index contributed by atoms with van der Waals surface area (Å²) in [7, 11) is 0. The summed E-state index contributed by atoms with van der Waals surface area (Å²) >= 11 is 0. The standard InChI is InChI=1S/C12H16N2O2/c15-9-10-3-2-6-14(8-10)12(16)11-4-1-5-13-7-11/h1,4-5,7,10,15H,2-3,6,8-9H2/t10-/m0/s1. The first-order valence-electron chi connectivity index (χ1n) is 5.61. The average Bonchev–Trinajstić information content (AvgIpc) is 2.39. The fraction of sp³-hybridized carbons (Fsp3) is 0.500. The van der Waals surface area contributed by atoms with Crippen molar-refractivity contribution in [3.8, 4) is 0 Å². The molecular formula is C12H16N2O2. The predicted molar refractivity (Wildman–Crippen MR) is 60.0 cm³/mol. The Morgan fingerprint density at radius 3 is 3.19 bits per heavy atom. The Kier molecular flexibility index (Phi) is 3.51. The smallest absolute Gasteiger partial charge is 0.255 e. The van der Waals surface area contributed by atoms with E-state index in [2.05, 4.69) is 4.98 Å². The molecule has 1 aromatic rings. The molecule has 0 spiro atoms. The third-order valence-corrected chi connectivity index (χ3v) is 2.97. The van der Waals surface area contributed by atoms with Crippen molar-refractivity contribution in [2.24, 2.45) is 5.92 Å². The maximum absolute atomic E-state index is 12.1. The van der Waals surface area contributed by atoms with Crippen LogP contribution in [0, 0.1) is 5.92 Å². The van der Waals surface area contributed by atoms with Gasteiger partial charge in [-0.3, -0.25) is 9.78 Å². The molecule has 0 radical (unpaired) electrons. The van der Waals surface area contributed by atoms with E-state index in [1.165, 1.54) is 0 Å². The van der Waals surface area contributed by atoms with Crippen LogP contribution in [0.25, 0.3) is 0 Å². The summed E-state index contributed by atoms with van der Waals surface area (Å²) in [5.74, 6) is 0.251. The topological polar surface area (TPSA) is 53.4 Å². The normalized spacial score (nSPS) is 20.8. The molecular weight excluding hydrogens is 204 g/mol. The summed E-state index contributed by atoms with van der Waals surface area (Å²) < 4.78 is 0. The Morgan fingerprint density at radius 2 is 2.50 bits per heavy atom. The van der Waals surface area contributed by atoms with Gasteiger partial charge in [0.15, 0.2) is 0 Å². The molecule has 0 unspecified atom stereocenters. The lowest BCUT2D eigenvalue weighted by Gasteiger charge is -2.31. The zero-order chi connectivity index (χ0) is 11.4. The van der Waals surface area contributed by atoms with E-state index in [-0.39, 0.29) is 18.4 Å². The van der Waals surface area contributed by atoms with Gasteiger partial charge in [-0.1, -0.05) is 0 Å². The molecule has 1 aliphatic heterocycles. The molecule has 1 amide bonds. The van der Waals surface area contributed by atoms with E-state index < -0.39 is 0 Å². The van der Waals surface area contributed by atoms with E-state index in [9.17, 15) is 4.79 Å². The third-order valence-electron chi connectivity index (χ3n) is 2.97. The van der Waals surface area contributed by atoms with E-state index in [4.69, 9.17) is 5.11 Å². The Balaban J connectivity index is 2.05. The molecule has 16 heavy (non-hydrogen) atoms. The number of pyridine rings is 1. The monoisotopic (exact) mass is 220 g/mol. The van der Waals surface area contributed by atoms with E-state index in [0.29, 0.717) is 12.1 Å². The van der Waals surface area contributed by atoms with Gasteiger partial charge in [0.1, 0.15) is 0 Å². The van der Waals surface area contributed by atoms with Crippen molar-refractivity contribution in [1.29, 1.82) is 0 Å². The van der Waals surface area contributed by atoms with Gasteiger partial charge in [-0.05, 0) is 30.9 Å². The predicted octanol–water partition coefficient (Wildman–Crippen LogP) is 0.926. The zero-order valence-corrected chi connectivity index (χ0v) is 9.17. The number of piperidine rings is 1. The highest BCUT2D eigenvalue weighted by Gasteiger charge is 2.23. The summed E-state index contributed by atoms with van der Waals surface area (Å²) in [6.07, 6.45) is 5.22. The van der Waals surface area contributed by atoms with Crippen LogP contribution in [0.3, 0.4) is 0 Å². The maximum Gasteiger partial charge on any atom is 0.255 e. The lowest BCUT2D eigenvalue weighted by molar-refractivity contribution is 0.0620. The highest BCUT2D eigenvalue weighted by Crippen LogP contribution is 2.17. The average molecular weight is 220 g/mol. The number of rotatable bonds is 2. The number of hydrogen-bond donors (Lipinski definition) is 1. The van der Waals surface area contributed by atoms with Gasteiger partial charge in [0, 0.05) is 32.1 Å². The molecule has 4 nitrogen and oxygen atoms in total. The first-order valence-corrected chi connectivity index (χ1v) is 5.61. The van der Waals surface area contributed by atoms with Gasteiger partial charge in [0.05, 0.1) is 5.56 Å². The second-order valence-electron chi connectivity index (χ2n) is 4.18. The fourth-order valence-corrected chi connectivity index (χ4v) is 2.07. The molecule has 2 rings (SSSR count). The molecule has 0 bridgehead atoms. The highest BCUT2D eigenvalue weighted by molar-refractivity contribution is 5.93. The van der Waals surface area contributed by atoms with Gasteiger partial charge < -0.3 is 10.0 Å². The first-order chi connectivity index (χ1) is 7.81. The molecule has 1 atom stereocenters. The lowest BCUT2D eigenvalue weighted by Crippen LogP contribution is -2.40. The second kappa shape index (κ2) is 5.07. The van der Waals surface area contributed by atoms with Gasteiger partial charge in [0.25, 0.3) is 5.91 Å². The summed E-state index contributed by atoms with van der Waals surface area (Å²) in [5, 5.41) is 9.11. The van der Waals surface area contributed by atoms with Crippen molar-refractivity contribution in [3.63, 3.8) is 0 Å². The van der Waals surface area contributed by atoms with Crippen molar-refractivity contribution >= 4 is 5.91 Å². The number of carbonyl (C=O) groups excluding carboxylic acids is 1. The summed E-state index contributed by atoms with van der Waals surface area (Å²) in [6.45, 7) is 1.60. The van der Waals surface area contributed by atoms with Crippen LogP contribution in [0.4, 0.5) is 0 Å². The van der Waals surface area contributed by atoms with Gasteiger partial charge in [-0.15, -0.1) is 0 Å². The minimum absolute atomic E-state index is 0.0197. The molecule has 0 aliphatic carbocycles. The van der Waals surface area contributed by atoms with Gasteiger partial charge in [-0.2, -0.15) is 0 Å². The zero-order valence-electron chi connectivity index (χ0n) is 9.17. The van der Waals surface area contributed by atoms with Crippen molar-refractivity contribution < 1.29 is 9.90 Å². The Bertz CT molecular complexity index is 353. The third kappa shape index (κ3) is 2.39. The number of hydrogen-bond acceptors (Lipinski definition) is 3. The van der Waals surface area contributed by atoms with Crippen LogP contribution in [-0.4, -0.2) is 40.6 Å². The van der Waals surface area contributed by atoms with E-state index in [0.717, 1.165) is 19.4 Å². The lowest BCUT2D eigenvalue weighted by atomic mass is 9.98. The second-order valence-corrected chi connectivity index (χ2v) is 4.18. The van der Waals surface area contributed by atoms with Crippen molar-refractivity contribution in [2.45, 2.75) is 12.8 Å². The van der Waals surface area contributed by atoms with Gasteiger partial charge >= 0.3 is 0 Å². The van der Waals surface area contributed by atoms with E-state index in [1.807, 2.05) is 0 Å². The minimum Gasteiger partial charge on any atom is -0.396 e. The van der Waals surface area contributed by atoms with Crippen LogP contribution >= 0.6 is 0 Å². The fourth-order valence-electron chi connectivity index (χ4n) is 2.07. The van der Waals surface area contributed by atoms with Crippen LogP contribution in [-0.2, 0) is 0 Å². The minimum atomic E-state index is 0.0197. The van der Waals surface area contributed by atoms with Crippen molar-refractivity contribution in [2.75, 3.05) is 19.7 Å². The maximum atomic E-state index is 12.1. The summed E-state index contributed by atoms with van der Waals surface area (Å²) in [5.41, 5.74) is 0.626. The molecule has 1 fully saturated rings. The van der Waals surface area contributed by atoms with Crippen LogP contribution in [0.5, 0.6) is 0 Å². The largest absolute Gasteiger partial charge is 0.396 e. The number of carbonyl (C=O) groups is 1. The van der Waals surface area contributed by atoms with Gasteiger partial charge in [0.2, 0.25) is 0 Å². The summed E-state index contributed by atoms with van der Waals surface area (Å²) in [4.78, 5) is 17.8. The quantitative estimate of drug-likeness (QED) is 0.806. The van der Waals surface area contributed by atoms with Crippen LogP contribution < -0.4 is 0 Å². The molecule has 1 saturated heterocycles.